The summed E-state index contributed by atoms with van der Waals surface area (Å²) in [7, 11) is 0. The maximum absolute atomic E-state index is 4.70. The van der Waals surface area contributed by atoms with Crippen LogP contribution in [0.15, 0.2) is 83.1 Å². The van der Waals surface area contributed by atoms with E-state index in [9.17, 15) is 0 Å². The minimum absolute atomic E-state index is 0.651. The Morgan fingerprint density at radius 1 is 0.556 bits per heavy atom. The van der Waals surface area contributed by atoms with E-state index in [2.05, 4.69) is 9.97 Å². The molecule has 0 saturated carbocycles. The minimum Gasteiger partial charge on any atom is -0.228 e. The van der Waals surface area contributed by atoms with Gasteiger partial charge in [-0.15, -0.1) is 0 Å². The van der Waals surface area contributed by atoms with E-state index in [1.165, 1.54) is 11.8 Å². The van der Waals surface area contributed by atoms with Crippen molar-refractivity contribution in [3.8, 4) is 22.5 Å². The van der Waals surface area contributed by atoms with Gasteiger partial charge in [0, 0.05) is 22.5 Å². The van der Waals surface area contributed by atoms with Crippen LogP contribution in [0.25, 0.3) is 22.5 Å². The summed E-state index contributed by atoms with van der Waals surface area (Å²) in [5.74, 6) is 0. The van der Waals surface area contributed by atoms with Crippen LogP contribution in [-0.2, 0) is 0 Å². The first-order chi connectivity index (χ1) is 13.2. The smallest absolute Gasteiger partial charge is 0.196 e. The fourth-order valence-electron chi connectivity index (χ4n) is 2.77. The molecule has 0 N–H and O–H groups in total. The molecule has 0 saturated heterocycles. The lowest BCUT2D eigenvalue weighted by Crippen LogP contribution is -1.97. The number of nitrogens with zero attached hydrogens (tertiary/aromatic N) is 4. The van der Waals surface area contributed by atoms with Crippen molar-refractivity contribution in [2.75, 3.05) is 0 Å². The first-order valence-corrected chi connectivity index (χ1v) is 9.49. The maximum Gasteiger partial charge on any atom is 0.196 e. The Hall–Kier alpha value is -3.05. The SMILES string of the molecule is Cc1cc(-c2ccccc2)nc(Sc2nc(C)cc(-c3ccccc3)n2)n1. The van der Waals surface area contributed by atoms with Gasteiger partial charge in [-0.2, -0.15) is 0 Å². The molecule has 2 heterocycles. The summed E-state index contributed by atoms with van der Waals surface area (Å²) in [6.45, 7) is 3.95. The van der Waals surface area contributed by atoms with Gasteiger partial charge in [0.05, 0.1) is 11.4 Å². The van der Waals surface area contributed by atoms with Gasteiger partial charge in [0.25, 0.3) is 0 Å². The van der Waals surface area contributed by atoms with Crippen LogP contribution in [0.5, 0.6) is 0 Å². The highest BCUT2D eigenvalue weighted by Crippen LogP contribution is 2.27. The summed E-state index contributed by atoms with van der Waals surface area (Å²) in [6, 6.07) is 24.2. The van der Waals surface area contributed by atoms with Gasteiger partial charge in [-0.1, -0.05) is 60.7 Å². The molecule has 0 radical (unpaired) electrons. The molecule has 4 rings (SSSR count). The molecule has 5 heteroatoms. The molecule has 0 unspecified atom stereocenters. The Morgan fingerprint density at radius 3 is 1.37 bits per heavy atom. The van der Waals surface area contributed by atoms with Gasteiger partial charge in [-0.3, -0.25) is 0 Å². The van der Waals surface area contributed by atoms with Gasteiger partial charge in [0.1, 0.15) is 0 Å². The third kappa shape index (κ3) is 4.20. The second-order valence-corrected chi connectivity index (χ2v) is 7.12. The van der Waals surface area contributed by atoms with E-state index in [1.807, 2.05) is 86.6 Å². The van der Waals surface area contributed by atoms with Crippen molar-refractivity contribution >= 4 is 11.8 Å². The van der Waals surface area contributed by atoms with E-state index in [1.54, 1.807) is 0 Å². The van der Waals surface area contributed by atoms with E-state index >= 15 is 0 Å². The Bertz CT molecular complexity index is 979. The molecule has 0 spiro atoms. The second-order valence-electron chi connectivity index (χ2n) is 6.19. The lowest BCUT2D eigenvalue weighted by molar-refractivity contribution is 0.902. The van der Waals surface area contributed by atoms with Crippen LogP contribution in [0.4, 0.5) is 0 Å². The molecule has 132 valence electrons. The van der Waals surface area contributed by atoms with Crippen molar-refractivity contribution in [2.45, 2.75) is 24.2 Å². The van der Waals surface area contributed by atoms with Crippen molar-refractivity contribution in [3.05, 3.63) is 84.2 Å². The van der Waals surface area contributed by atoms with Crippen LogP contribution in [0.3, 0.4) is 0 Å². The van der Waals surface area contributed by atoms with Crippen molar-refractivity contribution in [2.24, 2.45) is 0 Å². The van der Waals surface area contributed by atoms with Crippen molar-refractivity contribution in [1.29, 1.82) is 0 Å². The number of benzene rings is 2. The molecule has 0 fully saturated rings. The largest absolute Gasteiger partial charge is 0.228 e. The minimum atomic E-state index is 0.651. The second kappa shape index (κ2) is 7.68. The number of hydrogen-bond acceptors (Lipinski definition) is 5. The molecular weight excluding hydrogens is 352 g/mol. The summed E-state index contributed by atoms with van der Waals surface area (Å²) in [5, 5.41) is 1.30. The third-order valence-electron chi connectivity index (χ3n) is 3.99. The molecule has 0 aliphatic rings. The van der Waals surface area contributed by atoms with Crippen molar-refractivity contribution < 1.29 is 0 Å². The Kier molecular flexibility index (Phi) is 4.94. The first kappa shape index (κ1) is 17.4. The molecule has 4 aromatic rings. The molecule has 0 atom stereocenters. The molecular formula is C22H18N4S. The number of aromatic nitrogens is 4. The molecule has 0 aliphatic heterocycles. The average Bonchev–Trinajstić information content (AvgIpc) is 2.68. The van der Waals surface area contributed by atoms with Gasteiger partial charge in [-0.05, 0) is 37.7 Å². The predicted molar refractivity (Wildman–Crippen MR) is 109 cm³/mol. The average molecular weight is 370 g/mol. The zero-order valence-corrected chi connectivity index (χ0v) is 15.9. The molecule has 0 amide bonds. The predicted octanol–water partition coefficient (Wildman–Crippen LogP) is 5.37. The molecule has 4 nitrogen and oxygen atoms in total. The van der Waals surface area contributed by atoms with E-state index in [-0.39, 0.29) is 0 Å². The summed E-state index contributed by atoms with van der Waals surface area (Å²) < 4.78 is 0. The number of aryl methyl sites for hydroxylation is 2. The molecule has 27 heavy (non-hydrogen) atoms. The molecule has 2 aromatic carbocycles. The van der Waals surface area contributed by atoms with Crippen LogP contribution in [-0.4, -0.2) is 19.9 Å². The normalized spacial score (nSPS) is 10.7. The quantitative estimate of drug-likeness (QED) is 0.452. The Morgan fingerprint density at radius 2 is 0.963 bits per heavy atom. The van der Waals surface area contributed by atoms with Crippen LogP contribution >= 0.6 is 11.8 Å². The van der Waals surface area contributed by atoms with Gasteiger partial charge in [0.2, 0.25) is 0 Å². The summed E-state index contributed by atoms with van der Waals surface area (Å²) in [6.07, 6.45) is 0. The van der Waals surface area contributed by atoms with Crippen LogP contribution < -0.4 is 0 Å². The third-order valence-corrected chi connectivity index (χ3v) is 4.72. The maximum atomic E-state index is 4.70. The van der Waals surface area contributed by atoms with Gasteiger partial charge >= 0.3 is 0 Å². The van der Waals surface area contributed by atoms with Gasteiger partial charge in [0.15, 0.2) is 10.3 Å². The Balaban J connectivity index is 1.69. The van der Waals surface area contributed by atoms with E-state index in [4.69, 9.17) is 9.97 Å². The number of hydrogen-bond donors (Lipinski definition) is 0. The fraction of sp³-hybridized carbons (Fsp3) is 0.0909. The van der Waals surface area contributed by atoms with Crippen molar-refractivity contribution in [1.82, 2.24) is 19.9 Å². The zero-order valence-electron chi connectivity index (χ0n) is 15.1. The van der Waals surface area contributed by atoms with Crippen LogP contribution in [0.2, 0.25) is 0 Å². The highest BCUT2D eigenvalue weighted by atomic mass is 32.2. The van der Waals surface area contributed by atoms with E-state index < -0.39 is 0 Å². The lowest BCUT2D eigenvalue weighted by atomic mass is 10.1. The summed E-state index contributed by atoms with van der Waals surface area (Å²) in [4.78, 5) is 18.5. The van der Waals surface area contributed by atoms with E-state index in [0.29, 0.717) is 10.3 Å². The lowest BCUT2D eigenvalue weighted by Gasteiger charge is -2.07. The van der Waals surface area contributed by atoms with Gasteiger partial charge < -0.3 is 0 Å². The van der Waals surface area contributed by atoms with Gasteiger partial charge in [-0.25, -0.2) is 19.9 Å². The first-order valence-electron chi connectivity index (χ1n) is 8.67. The highest BCUT2D eigenvalue weighted by Gasteiger charge is 2.10. The van der Waals surface area contributed by atoms with Crippen LogP contribution in [0.1, 0.15) is 11.4 Å². The van der Waals surface area contributed by atoms with E-state index in [0.717, 1.165) is 33.9 Å². The van der Waals surface area contributed by atoms with Crippen LogP contribution in [0, 0.1) is 13.8 Å². The Labute approximate surface area is 162 Å². The molecule has 2 aromatic heterocycles. The number of rotatable bonds is 4. The zero-order chi connectivity index (χ0) is 18.6. The summed E-state index contributed by atoms with van der Waals surface area (Å²) >= 11 is 1.39. The molecule has 0 aliphatic carbocycles. The standard InChI is InChI=1S/C22H18N4S/c1-15-13-19(17-9-5-3-6-10-17)25-21(23-15)27-22-24-16(2)14-20(26-22)18-11-7-4-8-12-18/h3-14H,1-2H3. The highest BCUT2D eigenvalue weighted by molar-refractivity contribution is 7.99. The molecule has 0 bridgehead atoms. The van der Waals surface area contributed by atoms with Crippen molar-refractivity contribution in [3.63, 3.8) is 0 Å². The fourth-order valence-corrected chi connectivity index (χ4v) is 3.60. The summed E-state index contributed by atoms with van der Waals surface area (Å²) in [5.41, 5.74) is 5.78. The monoisotopic (exact) mass is 370 g/mol. The topological polar surface area (TPSA) is 51.6 Å².